The van der Waals surface area contributed by atoms with Crippen molar-refractivity contribution in [3.05, 3.63) is 0 Å². The molecule has 0 fully saturated rings. The van der Waals surface area contributed by atoms with Crippen molar-refractivity contribution in [2.45, 2.75) is 69.3 Å². The van der Waals surface area contributed by atoms with Gasteiger partial charge in [0.05, 0.1) is 0 Å². The molecule has 0 saturated heterocycles. The summed E-state index contributed by atoms with van der Waals surface area (Å²) in [5.74, 6) is 0. The van der Waals surface area contributed by atoms with E-state index >= 15 is 0 Å². The Morgan fingerprint density at radius 3 is 0.923 bits per heavy atom. The molecule has 0 nitrogen and oxygen atoms in total. The summed E-state index contributed by atoms with van der Waals surface area (Å²) in [6.45, 7) is 17.1. The van der Waals surface area contributed by atoms with Crippen LogP contribution >= 0.6 is 0 Å². The molecule has 0 heterocycles. The quantitative estimate of drug-likeness (QED) is 0.586. The third-order valence-corrected chi connectivity index (χ3v) is 12.0. The van der Waals surface area contributed by atoms with E-state index in [0.717, 1.165) is 20.8 Å². The van der Waals surface area contributed by atoms with E-state index in [1.807, 2.05) is 0 Å². The first kappa shape index (κ1) is 13.8. The van der Waals surface area contributed by atoms with Crippen LogP contribution < -0.4 is 0 Å². The average Bonchev–Trinajstić information content (AvgIpc) is 1.82. The Kier molecular flexibility index (Phi) is 5.37. The summed E-state index contributed by atoms with van der Waals surface area (Å²) in [7, 11) is -1.10. The molecule has 0 aromatic carbocycles. The normalized spacial score (nSPS) is 16.0. The molecule has 0 spiro atoms. The summed E-state index contributed by atoms with van der Waals surface area (Å²) >= 11 is 2.44. The van der Waals surface area contributed by atoms with E-state index in [2.05, 4.69) is 66.2 Å². The van der Waals surface area contributed by atoms with Crippen LogP contribution in [0.3, 0.4) is 0 Å². The van der Waals surface area contributed by atoms with E-state index in [9.17, 15) is 0 Å². The van der Waals surface area contributed by atoms with Gasteiger partial charge in [-0.05, 0) is 0 Å². The van der Waals surface area contributed by atoms with Crippen molar-refractivity contribution in [2.75, 3.05) is 0 Å². The van der Waals surface area contributed by atoms with Crippen LogP contribution in [0.1, 0.15) is 48.5 Å². The molecule has 0 saturated carbocycles. The summed E-state index contributed by atoms with van der Waals surface area (Å²) in [5.41, 5.74) is 2.73. The fourth-order valence-electron chi connectivity index (χ4n) is 4.00. The molecule has 0 aliphatic rings. The zero-order chi connectivity index (χ0) is 10.8. The standard InChI is InChI=1S/C11H25Si.Li/c1-8-12(9(2)3,10(4)5)11(6)7;/h8-11H,1-7H3;. The number of rotatable bonds is 4. The maximum absolute atomic E-state index is 2.44. The van der Waals surface area contributed by atoms with Gasteiger partial charge in [0, 0.05) is 0 Å². The van der Waals surface area contributed by atoms with Gasteiger partial charge in [0.15, 0.2) is 0 Å². The van der Waals surface area contributed by atoms with Gasteiger partial charge in [0.25, 0.3) is 0 Å². The Bertz CT molecular complexity index is 113. The van der Waals surface area contributed by atoms with Crippen molar-refractivity contribution in [1.29, 1.82) is 0 Å². The average molecular weight is 192 g/mol. The van der Waals surface area contributed by atoms with E-state index in [0.29, 0.717) is 0 Å². The predicted molar refractivity (Wildman–Crippen MR) is 66.2 cm³/mol. The Labute approximate surface area is 95.1 Å². The fraction of sp³-hybridized carbons (Fsp3) is 1.00. The van der Waals surface area contributed by atoms with Gasteiger partial charge in [-0.3, -0.25) is 0 Å². The molecular weight excluding hydrogens is 167 g/mol. The van der Waals surface area contributed by atoms with Gasteiger partial charge >= 0.3 is 95.1 Å². The van der Waals surface area contributed by atoms with Gasteiger partial charge in [-0.15, -0.1) is 0 Å². The zero-order valence-corrected chi connectivity index (χ0v) is 11.8. The van der Waals surface area contributed by atoms with Gasteiger partial charge in [0.1, 0.15) is 0 Å². The second kappa shape index (κ2) is 5.05. The van der Waals surface area contributed by atoms with Crippen LogP contribution in [0.4, 0.5) is 0 Å². The Morgan fingerprint density at radius 2 is 0.923 bits per heavy atom. The van der Waals surface area contributed by atoms with Crippen LogP contribution in [-0.4, -0.2) is 25.8 Å². The summed E-state index contributed by atoms with van der Waals surface area (Å²) in [6, 6.07) is 0. The Morgan fingerprint density at radius 1 is 0.692 bits per heavy atom. The second-order valence-electron chi connectivity index (χ2n) is 5.62. The van der Waals surface area contributed by atoms with Crippen molar-refractivity contribution in [3.63, 3.8) is 0 Å². The van der Waals surface area contributed by atoms with Gasteiger partial charge in [-0.1, -0.05) is 0 Å². The molecule has 0 amide bonds. The van der Waals surface area contributed by atoms with Gasteiger partial charge in [-0.2, -0.15) is 0 Å². The summed E-state index contributed by atoms with van der Waals surface area (Å²) in [5, 5.41) is 0. The molecule has 0 radical (unpaired) electrons. The van der Waals surface area contributed by atoms with Gasteiger partial charge in [-0.25, -0.2) is 0 Å². The topological polar surface area (TPSA) is 0 Å². The van der Waals surface area contributed by atoms with E-state index in [1.165, 1.54) is 0 Å². The van der Waals surface area contributed by atoms with Gasteiger partial charge in [0.2, 0.25) is 0 Å². The fourth-order valence-corrected chi connectivity index (χ4v) is 12.0. The maximum atomic E-state index is 2.44. The number of hydrogen-bond donors (Lipinski definition) is 0. The number of hydrogen-bond acceptors (Lipinski definition) is 0. The molecule has 0 rings (SSSR count). The van der Waals surface area contributed by atoms with Crippen molar-refractivity contribution in [1.82, 2.24) is 0 Å². The SMILES string of the molecule is [Li][CH](C)[Si](C(C)C)(C(C)C)C(C)C. The molecule has 2 heteroatoms. The summed E-state index contributed by atoms with van der Waals surface area (Å²) in [4.78, 5) is 0. The molecule has 0 aromatic heterocycles. The second-order valence-corrected chi connectivity index (χ2v) is 12.2. The molecular formula is C11H25LiSi. The summed E-state index contributed by atoms with van der Waals surface area (Å²) in [6.07, 6.45) is 0. The molecule has 0 N–H and O–H groups in total. The molecule has 0 aliphatic carbocycles. The van der Waals surface area contributed by atoms with Crippen molar-refractivity contribution in [3.8, 4) is 0 Å². The van der Waals surface area contributed by atoms with Crippen LogP contribution in [0.25, 0.3) is 0 Å². The predicted octanol–water partition coefficient (Wildman–Crippen LogP) is 4.18. The molecule has 0 bridgehead atoms. The van der Waals surface area contributed by atoms with Gasteiger partial charge < -0.3 is 0 Å². The molecule has 74 valence electrons. The van der Waals surface area contributed by atoms with E-state index in [4.69, 9.17) is 0 Å². The molecule has 13 heavy (non-hydrogen) atoms. The zero-order valence-electron chi connectivity index (χ0n) is 10.8. The van der Waals surface area contributed by atoms with E-state index in [1.54, 1.807) is 0 Å². The first-order valence-electron chi connectivity index (χ1n) is 5.77. The van der Waals surface area contributed by atoms with Crippen LogP contribution in [0.5, 0.6) is 0 Å². The monoisotopic (exact) mass is 192 g/mol. The van der Waals surface area contributed by atoms with Crippen molar-refractivity contribution >= 4 is 25.8 Å². The van der Waals surface area contributed by atoms with E-state index < -0.39 is 8.07 Å². The van der Waals surface area contributed by atoms with Crippen LogP contribution in [0.15, 0.2) is 0 Å². The summed E-state index contributed by atoms with van der Waals surface area (Å²) < 4.78 is 0.910. The minimum atomic E-state index is -1.10. The molecule has 1 unspecified atom stereocenters. The molecule has 0 aliphatic heterocycles. The Hall–Kier alpha value is 0.814. The van der Waals surface area contributed by atoms with Crippen LogP contribution in [-0.2, 0) is 0 Å². The minimum absolute atomic E-state index is 0.910. The van der Waals surface area contributed by atoms with Crippen LogP contribution in [0, 0.1) is 0 Å². The third-order valence-electron chi connectivity index (χ3n) is 4.00. The molecule has 1 atom stereocenters. The van der Waals surface area contributed by atoms with Crippen LogP contribution in [0.2, 0.25) is 20.8 Å². The third kappa shape index (κ3) is 2.43. The first-order chi connectivity index (χ1) is 5.77. The Balaban J connectivity index is 5.06. The van der Waals surface area contributed by atoms with Crippen molar-refractivity contribution < 1.29 is 0 Å². The van der Waals surface area contributed by atoms with Crippen molar-refractivity contribution in [2.24, 2.45) is 0 Å². The van der Waals surface area contributed by atoms with E-state index in [-0.39, 0.29) is 0 Å². The first-order valence-corrected chi connectivity index (χ1v) is 8.08. The molecule has 0 aromatic rings.